The van der Waals surface area contributed by atoms with Crippen LogP contribution in [-0.4, -0.2) is 12.6 Å². The highest BCUT2D eigenvalue weighted by atomic mass is 16.5. The zero-order valence-electron chi connectivity index (χ0n) is 15.3. The van der Waals surface area contributed by atoms with Gasteiger partial charge in [-0.1, -0.05) is 61.5 Å². The number of carbonyl (C=O) groups is 1. The van der Waals surface area contributed by atoms with Gasteiger partial charge in [0.05, 0.1) is 6.61 Å². The van der Waals surface area contributed by atoms with E-state index in [1.54, 1.807) is 18.2 Å². The summed E-state index contributed by atoms with van der Waals surface area (Å²) in [5, 5.41) is 0. The predicted molar refractivity (Wildman–Crippen MR) is 109 cm³/mol. The fourth-order valence-electron chi connectivity index (χ4n) is 2.56. The highest BCUT2D eigenvalue weighted by Gasteiger charge is 2.02. The first-order valence-corrected chi connectivity index (χ1v) is 9.03. The van der Waals surface area contributed by atoms with Crippen LogP contribution >= 0.6 is 0 Å². The number of ether oxygens (including phenoxy) is 2. The second kappa shape index (κ2) is 9.39. The topological polar surface area (TPSA) is 35.5 Å². The first-order valence-electron chi connectivity index (χ1n) is 9.03. The van der Waals surface area contributed by atoms with Gasteiger partial charge in [-0.05, 0) is 53.5 Å². The van der Waals surface area contributed by atoms with E-state index in [2.05, 4.69) is 6.92 Å². The fourth-order valence-corrected chi connectivity index (χ4v) is 2.56. The fraction of sp³-hybridized carbons (Fsp3) is 0.125. The van der Waals surface area contributed by atoms with Gasteiger partial charge in [-0.15, -0.1) is 0 Å². The van der Waals surface area contributed by atoms with Crippen molar-refractivity contribution in [2.45, 2.75) is 13.3 Å². The molecule has 0 aliphatic heterocycles. The van der Waals surface area contributed by atoms with Crippen LogP contribution in [0.3, 0.4) is 0 Å². The van der Waals surface area contributed by atoms with E-state index < -0.39 is 5.97 Å². The molecule has 0 amide bonds. The molecule has 0 aliphatic rings. The van der Waals surface area contributed by atoms with Gasteiger partial charge in [0.1, 0.15) is 11.5 Å². The van der Waals surface area contributed by atoms with Crippen molar-refractivity contribution in [1.82, 2.24) is 0 Å². The second-order valence-corrected chi connectivity index (χ2v) is 6.06. The van der Waals surface area contributed by atoms with Crippen LogP contribution in [0, 0.1) is 0 Å². The van der Waals surface area contributed by atoms with Crippen molar-refractivity contribution < 1.29 is 14.3 Å². The van der Waals surface area contributed by atoms with E-state index in [9.17, 15) is 4.79 Å². The standard InChI is InChI=1S/C24H22O3/c1-2-18-26-22-13-8-19(9-14-22)10-17-24(25)27-23-15-11-21(12-16-23)20-6-4-3-5-7-20/h3-17H,2,18H2,1H3/b17-10+. The molecule has 0 N–H and O–H groups in total. The maximum absolute atomic E-state index is 12.0. The Morgan fingerprint density at radius 1 is 0.815 bits per heavy atom. The monoisotopic (exact) mass is 358 g/mol. The van der Waals surface area contributed by atoms with E-state index in [1.165, 1.54) is 6.08 Å². The zero-order chi connectivity index (χ0) is 18.9. The van der Waals surface area contributed by atoms with Gasteiger partial charge in [-0.25, -0.2) is 4.79 Å². The smallest absolute Gasteiger partial charge is 0.336 e. The lowest BCUT2D eigenvalue weighted by Crippen LogP contribution is -2.03. The molecule has 0 radical (unpaired) electrons. The summed E-state index contributed by atoms with van der Waals surface area (Å²) in [6, 6.07) is 25.1. The number of esters is 1. The molecule has 0 saturated heterocycles. The van der Waals surface area contributed by atoms with Crippen molar-refractivity contribution in [2.24, 2.45) is 0 Å². The third kappa shape index (κ3) is 5.58. The van der Waals surface area contributed by atoms with Crippen molar-refractivity contribution in [3.63, 3.8) is 0 Å². The first kappa shape index (κ1) is 18.5. The molecular formula is C24H22O3. The molecule has 0 spiro atoms. The largest absolute Gasteiger partial charge is 0.494 e. The van der Waals surface area contributed by atoms with Gasteiger partial charge >= 0.3 is 5.97 Å². The van der Waals surface area contributed by atoms with Crippen LogP contribution in [-0.2, 0) is 4.79 Å². The molecule has 3 aromatic rings. The Kier molecular flexibility index (Phi) is 6.42. The van der Waals surface area contributed by atoms with Gasteiger partial charge in [0.15, 0.2) is 0 Å². The number of carbonyl (C=O) groups excluding carboxylic acids is 1. The lowest BCUT2D eigenvalue weighted by molar-refractivity contribution is -0.128. The molecule has 0 aliphatic carbocycles. The van der Waals surface area contributed by atoms with Crippen molar-refractivity contribution >= 4 is 12.0 Å². The van der Waals surface area contributed by atoms with Gasteiger partial charge in [0.25, 0.3) is 0 Å². The van der Waals surface area contributed by atoms with Gasteiger partial charge in [-0.2, -0.15) is 0 Å². The number of rotatable bonds is 7. The van der Waals surface area contributed by atoms with Gasteiger partial charge in [0, 0.05) is 6.08 Å². The Morgan fingerprint density at radius 3 is 2.11 bits per heavy atom. The average molecular weight is 358 g/mol. The Morgan fingerprint density at radius 2 is 1.44 bits per heavy atom. The lowest BCUT2D eigenvalue weighted by atomic mass is 10.1. The minimum atomic E-state index is -0.409. The van der Waals surface area contributed by atoms with Crippen LogP contribution in [0.4, 0.5) is 0 Å². The van der Waals surface area contributed by atoms with E-state index in [0.717, 1.165) is 28.9 Å². The Hall–Kier alpha value is -3.33. The quantitative estimate of drug-likeness (QED) is 0.306. The normalized spacial score (nSPS) is 10.7. The highest BCUT2D eigenvalue weighted by Crippen LogP contribution is 2.22. The molecule has 3 heteroatoms. The van der Waals surface area contributed by atoms with Crippen molar-refractivity contribution in [3.8, 4) is 22.6 Å². The molecule has 0 bridgehead atoms. The summed E-state index contributed by atoms with van der Waals surface area (Å²) in [7, 11) is 0. The summed E-state index contributed by atoms with van der Waals surface area (Å²) < 4.78 is 10.9. The molecule has 3 nitrogen and oxygen atoms in total. The van der Waals surface area contributed by atoms with E-state index in [4.69, 9.17) is 9.47 Å². The number of benzene rings is 3. The van der Waals surface area contributed by atoms with Gasteiger partial charge < -0.3 is 9.47 Å². The molecule has 27 heavy (non-hydrogen) atoms. The third-order valence-corrected chi connectivity index (χ3v) is 3.94. The average Bonchev–Trinajstić information content (AvgIpc) is 2.73. The molecule has 0 unspecified atom stereocenters. The predicted octanol–water partition coefficient (Wildman–Crippen LogP) is 5.76. The van der Waals surface area contributed by atoms with E-state index in [1.807, 2.05) is 66.7 Å². The van der Waals surface area contributed by atoms with E-state index in [0.29, 0.717) is 12.4 Å². The van der Waals surface area contributed by atoms with Crippen LogP contribution < -0.4 is 9.47 Å². The van der Waals surface area contributed by atoms with Crippen LogP contribution in [0.15, 0.2) is 84.9 Å². The molecule has 0 atom stereocenters. The van der Waals surface area contributed by atoms with E-state index >= 15 is 0 Å². The molecule has 3 rings (SSSR count). The van der Waals surface area contributed by atoms with Crippen molar-refractivity contribution in [3.05, 3.63) is 90.5 Å². The summed E-state index contributed by atoms with van der Waals surface area (Å²) in [6.45, 7) is 2.77. The summed E-state index contributed by atoms with van der Waals surface area (Å²) in [4.78, 5) is 12.0. The molecule has 3 aromatic carbocycles. The van der Waals surface area contributed by atoms with Gasteiger partial charge in [-0.3, -0.25) is 0 Å². The van der Waals surface area contributed by atoms with E-state index in [-0.39, 0.29) is 0 Å². The Balaban J connectivity index is 1.56. The molecule has 136 valence electrons. The van der Waals surface area contributed by atoms with Gasteiger partial charge in [0.2, 0.25) is 0 Å². The number of hydrogen-bond donors (Lipinski definition) is 0. The molecule has 0 fully saturated rings. The Labute approximate surface area is 159 Å². The highest BCUT2D eigenvalue weighted by molar-refractivity contribution is 5.88. The summed E-state index contributed by atoms with van der Waals surface area (Å²) in [5.41, 5.74) is 3.12. The second-order valence-electron chi connectivity index (χ2n) is 6.06. The van der Waals surface area contributed by atoms with Crippen LogP contribution in [0.25, 0.3) is 17.2 Å². The third-order valence-electron chi connectivity index (χ3n) is 3.94. The molecule has 0 saturated carbocycles. The summed E-state index contributed by atoms with van der Waals surface area (Å²) >= 11 is 0. The van der Waals surface area contributed by atoms with Crippen LogP contribution in [0.5, 0.6) is 11.5 Å². The first-order chi connectivity index (χ1) is 13.2. The summed E-state index contributed by atoms with van der Waals surface area (Å²) in [5.74, 6) is 0.941. The lowest BCUT2D eigenvalue weighted by Gasteiger charge is -2.05. The zero-order valence-corrected chi connectivity index (χ0v) is 15.3. The SMILES string of the molecule is CCCOc1ccc(/C=C/C(=O)Oc2ccc(-c3ccccc3)cc2)cc1. The maximum atomic E-state index is 12.0. The van der Waals surface area contributed by atoms with Crippen LogP contribution in [0.2, 0.25) is 0 Å². The molecule has 0 heterocycles. The minimum absolute atomic E-state index is 0.409. The van der Waals surface area contributed by atoms with Crippen molar-refractivity contribution in [2.75, 3.05) is 6.61 Å². The number of hydrogen-bond acceptors (Lipinski definition) is 3. The minimum Gasteiger partial charge on any atom is -0.494 e. The summed E-state index contributed by atoms with van der Waals surface area (Å²) in [6.07, 6.45) is 4.12. The maximum Gasteiger partial charge on any atom is 0.336 e. The molecular weight excluding hydrogens is 336 g/mol. The molecule has 0 aromatic heterocycles. The van der Waals surface area contributed by atoms with Crippen molar-refractivity contribution in [1.29, 1.82) is 0 Å². The van der Waals surface area contributed by atoms with Crippen LogP contribution in [0.1, 0.15) is 18.9 Å². The Bertz CT molecular complexity index is 879.